The maximum Gasteiger partial charge on any atom is 0.118 e. The second-order valence-corrected chi connectivity index (χ2v) is 3.98. The van der Waals surface area contributed by atoms with Crippen molar-refractivity contribution in [2.75, 3.05) is 12.5 Å². The average Bonchev–Trinajstić information content (AvgIpc) is 2.78. The number of nitrogen functional groups attached to an aromatic ring is 1. The van der Waals surface area contributed by atoms with Crippen LogP contribution in [-0.4, -0.2) is 7.11 Å². The van der Waals surface area contributed by atoms with Gasteiger partial charge < -0.3 is 10.2 Å². The molecule has 0 amide bonds. The van der Waals surface area contributed by atoms with Crippen LogP contribution in [0.5, 0.6) is 5.75 Å². The van der Waals surface area contributed by atoms with E-state index < -0.39 is 0 Å². The third-order valence-electron chi connectivity index (χ3n) is 2.17. The molecule has 1 aromatic carbocycles. The molecule has 3 nitrogen and oxygen atoms in total. The van der Waals surface area contributed by atoms with Crippen LogP contribution in [-0.2, 0) is 0 Å². The van der Waals surface area contributed by atoms with E-state index in [0.717, 1.165) is 21.9 Å². The van der Waals surface area contributed by atoms with Crippen LogP contribution in [0.15, 0.2) is 35.7 Å². The zero-order valence-electron chi connectivity index (χ0n) is 8.36. The Morgan fingerprint density at radius 2 is 1.93 bits per heavy atom. The van der Waals surface area contributed by atoms with Crippen LogP contribution < -0.4 is 16.0 Å². The predicted octanol–water partition coefficient (Wildman–Crippen LogP) is 2.71. The number of hydrazine groups is 1. The Morgan fingerprint density at radius 1 is 1.20 bits per heavy atom. The van der Waals surface area contributed by atoms with E-state index in [9.17, 15) is 0 Å². The lowest BCUT2D eigenvalue weighted by Crippen LogP contribution is -2.04. The number of thiophene rings is 1. The number of anilines is 1. The normalized spacial score (nSPS) is 10.0. The molecule has 1 heterocycles. The molecule has 4 heteroatoms. The Bertz CT molecular complexity index is 436. The number of nitrogens with one attached hydrogen (secondary N) is 1. The minimum atomic E-state index is 0.867. The molecule has 0 spiro atoms. The molecule has 0 saturated carbocycles. The third-order valence-corrected chi connectivity index (χ3v) is 3.03. The second kappa shape index (κ2) is 4.33. The molecule has 0 aliphatic carbocycles. The van der Waals surface area contributed by atoms with Crippen molar-refractivity contribution in [2.24, 2.45) is 5.84 Å². The molecule has 0 radical (unpaired) electrons. The van der Waals surface area contributed by atoms with Crippen LogP contribution in [0, 0.1) is 0 Å². The number of rotatable bonds is 3. The van der Waals surface area contributed by atoms with Crippen molar-refractivity contribution in [3.63, 3.8) is 0 Å². The minimum absolute atomic E-state index is 0.867. The molecule has 2 aromatic rings. The molecule has 0 aliphatic rings. The summed E-state index contributed by atoms with van der Waals surface area (Å²) in [5.74, 6) is 6.19. The summed E-state index contributed by atoms with van der Waals surface area (Å²) in [5, 5.41) is 3.03. The fourth-order valence-corrected chi connectivity index (χ4v) is 2.07. The molecular formula is C11H12N2OS. The smallest absolute Gasteiger partial charge is 0.118 e. The van der Waals surface area contributed by atoms with Crippen molar-refractivity contribution in [3.8, 4) is 16.9 Å². The molecule has 0 aliphatic heterocycles. The van der Waals surface area contributed by atoms with Gasteiger partial charge in [-0.1, -0.05) is 12.1 Å². The molecule has 2 rings (SSSR count). The van der Waals surface area contributed by atoms with E-state index in [1.54, 1.807) is 18.4 Å². The number of ether oxygens (including phenoxy) is 1. The molecule has 3 N–H and O–H groups in total. The van der Waals surface area contributed by atoms with Gasteiger partial charge in [0, 0.05) is 5.38 Å². The number of nitrogens with two attached hydrogens (primary N) is 1. The first-order chi connectivity index (χ1) is 7.33. The lowest BCUT2D eigenvalue weighted by atomic mass is 10.1. The number of methoxy groups -OCH3 is 1. The van der Waals surface area contributed by atoms with Crippen molar-refractivity contribution in [2.45, 2.75) is 0 Å². The highest BCUT2D eigenvalue weighted by Crippen LogP contribution is 2.29. The number of hydrogen-bond donors (Lipinski definition) is 2. The van der Waals surface area contributed by atoms with Crippen LogP contribution in [0.2, 0.25) is 0 Å². The highest BCUT2D eigenvalue weighted by atomic mass is 32.1. The fourth-order valence-electron chi connectivity index (χ4n) is 1.35. The van der Waals surface area contributed by atoms with Gasteiger partial charge in [0.25, 0.3) is 0 Å². The first-order valence-electron chi connectivity index (χ1n) is 4.53. The second-order valence-electron chi connectivity index (χ2n) is 3.07. The molecule has 1 aromatic heterocycles. The average molecular weight is 220 g/mol. The molecule has 0 unspecified atom stereocenters. The third kappa shape index (κ3) is 2.11. The van der Waals surface area contributed by atoms with Crippen LogP contribution in [0.1, 0.15) is 0 Å². The van der Waals surface area contributed by atoms with Crippen LogP contribution in [0.4, 0.5) is 5.00 Å². The first kappa shape index (κ1) is 10.0. The van der Waals surface area contributed by atoms with Gasteiger partial charge in [-0.2, -0.15) is 0 Å². The van der Waals surface area contributed by atoms with Gasteiger partial charge in [-0.3, -0.25) is 0 Å². The SMILES string of the molecule is COc1ccc(-c2csc(NN)c2)cc1. The highest BCUT2D eigenvalue weighted by Gasteiger charge is 2.01. The largest absolute Gasteiger partial charge is 0.497 e. The van der Waals surface area contributed by atoms with E-state index in [2.05, 4.69) is 10.8 Å². The topological polar surface area (TPSA) is 47.3 Å². The van der Waals surface area contributed by atoms with Crippen molar-refractivity contribution < 1.29 is 4.74 Å². The zero-order chi connectivity index (χ0) is 10.7. The van der Waals surface area contributed by atoms with Crippen LogP contribution >= 0.6 is 11.3 Å². The zero-order valence-corrected chi connectivity index (χ0v) is 9.17. The van der Waals surface area contributed by atoms with Gasteiger partial charge in [-0.05, 0) is 29.3 Å². The van der Waals surface area contributed by atoms with Crippen molar-refractivity contribution in [1.29, 1.82) is 0 Å². The van der Waals surface area contributed by atoms with E-state index in [0.29, 0.717) is 0 Å². The predicted molar refractivity (Wildman–Crippen MR) is 64.1 cm³/mol. The van der Waals surface area contributed by atoms with Gasteiger partial charge in [0.05, 0.1) is 7.11 Å². The van der Waals surface area contributed by atoms with Crippen LogP contribution in [0.25, 0.3) is 11.1 Å². The van der Waals surface area contributed by atoms with E-state index >= 15 is 0 Å². The van der Waals surface area contributed by atoms with Crippen LogP contribution in [0.3, 0.4) is 0 Å². The molecule has 0 atom stereocenters. The van der Waals surface area contributed by atoms with Crippen molar-refractivity contribution in [3.05, 3.63) is 35.7 Å². The standard InChI is InChI=1S/C11H12N2OS/c1-14-10-4-2-8(3-5-10)9-6-11(13-12)15-7-9/h2-7,13H,12H2,1H3. The summed E-state index contributed by atoms with van der Waals surface area (Å²) in [6, 6.07) is 9.97. The van der Waals surface area contributed by atoms with E-state index in [-0.39, 0.29) is 0 Å². The quantitative estimate of drug-likeness (QED) is 0.617. The summed E-state index contributed by atoms with van der Waals surface area (Å²) in [5.41, 5.74) is 4.96. The maximum absolute atomic E-state index is 5.33. The van der Waals surface area contributed by atoms with Gasteiger partial charge in [0.2, 0.25) is 0 Å². The van der Waals surface area contributed by atoms with Gasteiger partial charge in [0.1, 0.15) is 10.8 Å². The number of hydrogen-bond acceptors (Lipinski definition) is 4. The Morgan fingerprint density at radius 3 is 2.47 bits per heavy atom. The lowest BCUT2D eigenvalue weighted by molar-refractivity contribution is 0.415. The Hall–Kier alpha value is -1.52. The molecule has 0 bridgehead atoms. The summed E-state index contributed by atoms with van der Waals surface area (Å²) < 4.78 is 5.10. The summed E-state index contributed by atoms with van der Waals surface area (Å²) in [4.78, 5) is 0. The Balaban J connectivity index is 2.28. The molecule has 15 heavy (non-hydrogen) atoms. The molecule has 0 fully saturated rings. The molecular weight excluding hydrogens is 208 g/mol. The summed E-state index contributed by atoms with van der Waals surface area (Å²) in [6.45, 7) is 0. The monoisotopic (exact) mass is 220 g/mol. The van der Waals surface area contributed by atoms with Gasteiger partial charge in [-0.15, -0.1) is 11.3 Å². The minimum Gasteiger partial charge on any atom is -0.497 e. The lowest BCUT2D eigenvalue weighted by Gasteiger charge is -2.00. The summed E-state index contributed by atoms with van der Waals surface area (Å²) >= 11 is 1.59. The maximum atomic E-state index is 5.33. The van der Waals surface area contributed by atoms with Gasteiger partial charge in [-0.25, -0.2) is 5.84 Å². The summed E-state index contributed by atoms with van der Waals surface area (Å²) in [6.07, 6.45) is 0. The Kier molecular flexibility index (Phi) is 2.89. The summed E-state index contributed by atoms with van der Waals surface area (Å²) in [7, 11) is 1.66. The van der Waals surface area contributed by atoms with E-state index in [4.69, 9.17) is 10.6 Å². The van der Waals surface area contributed by atoms with Crippen molar-refractivity contribution >= 4 is 16.3 Å². The number of benzene rings is 1. The van der Waals surface area contributed by atoms with Crippen molar-refractivity contribution in [1.82, 2.24) is 0 Å². The highest BCUT2D eigenvalue weighted by molar-refractivity contribution is 7.14. The molecule has 78 valence electrons. The Labute approximate surface area is 92.5 Å². The molecule has 0 saturated heterocycles. The van der Waals surface area contributed by atoms with E-state index in [1.165, 1.54) is 0 Å². The van der Waals surface area contributed by atoms with Gasteiger partial charge >= 0.3 is 0 Å². The fraction of sp³-hybridized carbons (Fsp3) is 0.0909. The van der Waals surface area contributed by atoms with Gasteiger partial charge in [0.15, 0.2) is 0 Å². The van der Waals surface area contributed by atoms with E-state index in [1.807, 2.05) is 30.3 Å². The first-order valence-corrected chi connectivity index (χ1v) is 5.41.